The number of nitrogens with zero attached hydrogens (tertiary/aromatic N) is 2. The van der Waals surface area contributed by atoms with Gasteiger partial charge in [0.15, 0.2) is 0 Å². The molecule has 0 N–H and O–H groups in total. The Balaban J connectivity index is 1.57. The monoisotopic (exact) mass is 386 g/mol. The Kier molecular flexibility index (Phi) is 3.67. The molecule has 27 heavy (non-hydrogen) atoms. The van der Waals surface area contributed by atoms with Crippen LogP contribution in [0.5, 0.6) is 0 Å². The molecule has 0 amide bonds. The van der Waals surface area contributed by atoms with Crippen molar-refractivity contribution in [3.05, 3.63) is 83.1 Å². The Labute approximate surface area is 167 Å². The fourth-order valence-corrected chi connectivity index (χ4v) is 4.20. The first-order chi connectivity index (χ1) is 13.1. The number of thiocarbonyl (C=S) groups is 2. The Morgan fingerprint density at radius 3 is 2.19 bits per heavy atom. The van der Waals surface area contributed by atoms with Crippen molar-refractivity contribution in [1.29, 1.82) is 0 Å². The first kappa shape index (κ1) is 16.3. The number of hydrogen-bond donors (Lipinski definition) is 0. The van der Waals surface area contributed by atoms with Crippen LogP contribution < -0.4 is 0 Å². The fourth-order valence-electron chi connectivity index (χ4n) is 3.46. The zero-order chi connectivity index (χ0) is 18.5. The lowest BCUT2D eigenvalue weighted by molar-refractivity contribution is 0.593. The number of fused-ring (bicyclic) bond motifs is 2. The van der Waals surface area contributed by atoms with Crippen molar-refractivity contribution in [3.8, 4) is 11.4 Å². The molecule has 3 nitrogen and oxygen atoms in total. The molecule has 0 unspecified atom stereocenters. The molecule has 0 aliphatic heterocycles. The molecule has 0 spiro atoms. The predicted molar refractivity (Wildman–Crippen MR) is 116 cm³/mol. The molecular formula is C22H14N2OS2. The summed E-state index contributed by atoms with van der Waals surface area (Å²) in [6, 6.07) is 20.0. The number of allylic oxidation sites excluding steroid dienone is 1. The van der Waals surface area contributed by atoms with E-state index in [0.717, 1.165) is 43.3 Å². The third kappa shape index (κ3) is 2.51. The molecule has 130 valence electrons. The van der Waals surface area contributed by atoms with Gasteiger partial charge in [0.25, 0.3) is 0 Å². The van der Waals surface area contributed by atoms with Crippen LogP contribution in [0, 0.1) is 0 Å². The number of aromatic nitrogens is 2. The van der Waals surface area contributed by atoms with Gasteiger partial charge in [-0.05, 0) is 6.08 Å². The Hall–Kier alpha value is -2.89. The summed E-state index contributed by atoms with van der Waals surface area (Å²) in [4.78, 5) is 6.20. The fraction of sp³-hybridized carbons (Fsp3) is 0.0455. The van der Waals surface area contributed by atoms with Crippen molar-refractivity contribution in [3.63, 3.8) is 0 Å². The largest absolute Gasteiger partial charge is 0.437 e. The van der Waals surface area contributed by atoms with E-state index < -0.39 is 0 Å². The van der Waals surface area contributed by atoms with Gasteiger partial charge in [0.2, 0.25) is 5.71 Å². The van der Waals surface area contributed by atoms with Crippen molar-refractivity contribution in [2.24, 2.45) is 7.05 Å². The van der Waals surface area contributed by atoms with E-state index in [9.17, 15) is 0 Å². The first-order valence-corrected chi connectivity index (χ1v) is 9.37. The maximum atomic E-state index is 5.98. The summed E-state index contributed by atoms with van der Waals surface area (Å²) >= 11 is 11.2. The minimum absolute atomic E-state index is 0.607. The van der Waals surface area contributed by atoms with Gasteiger partial charge in [-0.15, -0.1) is 0 Å². The van der Waals surface area contributed by atoms with Gasteiger partial charge >= 0.3 is 0 Å². The van der Waals surface area contributed by atoms with E-state index in [4.69, 9.17) is 28.9 Å². The topological polar surface area (TPSA) is 31.0 Å². The average molecular weight is 387 g/mol. The summed E-state index contributed by atoms with van der Waals surface area (Å²) in [6.07, 6.45) is 1.93. The molecule has 0 saturated heterocycles. The lowest BCUT2D eigenvalue weighted by atomic mass is 10.1. The summed E-state index contributed by atoms with van der Waals surface area (Å²) in [5.41, 5.74) is 5.50. The number of aryl methyl sites for hydroxylation is 1. The molecule has 4 aromatic rings. The van der Waals surface area contributed by atoms with Gasteiger partial charge in [-0.3, -0.25) is 0 Å². The Bertz CT molecular complexity index is 1230. The van der Waals surface area contributed by atoms with Gasteiger partial charge in [0.05, 0.1) is 9.73 Å². The van der Waals surface area contributed by atoms with Crippen molar-refractivity contribution in [1.82, 2.24) is 9.55 Å². The molecule has 0 fully saturated rings. The normalized spacial score (nSPS) is 13.4. The SMILES string of the molecule is Cn1c(-c2ccccc2)nc2oc(C=C3C(=S)c4ccccc4C3=S)cc21. The zero-order valence-electron chi connectivity index (χ0n) is 14.5. The minimum Gasteiger partial charge on any atom is -0.437 e. The quantitative estimate of drug-likeness (QED) is 0.342. The van der Waals surface area contributed by atoms with E-state index in [2.05, 4.69) is 4.98 Å². The van der Waals surface area contributed by atoms with Gasteiger partial charge in [-0.2, -0.15) is 4.98 Å². The van der Waals surface area contributed by atoms with Gasteiger partial charge in [0.1, 0.15) is 17.1 Å². The lowest BCUT2D eigenvalue weighted by Crippen LogP contribution is -1.97. The highest BCUT2D eigenvalue weighted by atomic mass is 32.1. The molecule has 2 aromatic heterocycles. The van der Waals surface area contributed by atoms with Crippen LogP contribution in [-0.4, -0.2) is 19.3 Å². The van der Waals surface area contributed by atoms with Crippen LogP contribution in [0.1, 0.15) is 16.9 Å². The number of hydrogen-bond acceptors (Lipinski definition) is 4. The summed E-state index contributed by atoms with van der Waals surface area (Å²) in [5.74, 6) is 1.58. The maximum Gasteiger partial charge on any atom is 0.245 e. The second kappa shape index (κ2) is 6.08. The van der Waals surface area contributed by atoms with Crippen LogP contribution in [0.15, 0.2) is 70.7 Å². The van der Waals surface area contributed by atoms with E-state index in [-0.39, 0.29) is 0 Å². The zero-order valence-corrected chi connectivity index (χ0v) is 16.1. The summed E-state index contributed by atoms with van der Waals surface area (Å²) in [6.45, 7) is 0. The van der Waals surface area contributed by atoms with Gasteiger partial charge in [-0.1, -0.05) is 79.0 Å². The first-order valence-electron chi connectivity index (χ1n) is 8.55. The van der Waals surface area contributed by atoms with E-state index in [1.54, 1.807) is 0 Å². The molecule has 0 radical (unpaired) electrons. The highest BCUT2D eigenvalue weighted by Crippen LogP contribution is 2.31. The molecule has 1 aliphatic carbocycles. The molecule has 5 rings (SSSR count). The van der Waals surface area contributed by atoms with Crippen molar-refractivity contribution in [2.75, 3.05) is 0 Å². The molecule has 5 heteroatoms. The smallest absolute Gasteiger partial charge is 0.245 e. The summed E-state index contributed by atoms with van der Waals surface area (Å²) in [5, 5.41) is 0. The number of imidazole rings is 1. The Morgan fingerprint density at radius 1 is 0.926 bits per heavy atom. The molecule has 2 heterocycles. The van der Waals surface area contributed by atoms with Gasteiger partial charge in [-0.25, -0.2) is 0 Å². The van der Waals surface area contributed by atoms with Crippen molar-refractivity contribution in [2.45, 2.75) is 0 Å². The van der Waals surface area contributed by atoms with Crippen LogP contribution in [-0.2, 0) is 7.05 Å². The highest BCUT2D eigenvalue weighted by molar-refractivity contribution is 7.84. The molecule has 0 bridgehead atoms. The van der Waals surface area contributed by atoms with E-state index in [0.29, 0.717) is 11.5 Å². The van der Waals surface area contributed by atoms with Gasteiger partial charge < -0.3 is 8.98 Å². The van der Waals surface area contributed by atoms with Crippen LogP contribution in [0.4, 0.5) is 0 Å². The number of furan rings is 1. The Morgan fingerprint density at radius 2 is 1.56 bits per heavy atom. The molecule has 1 aliphatic rings. The molecule has 0 atom stereocenters. The van der Waals surface area contributed by atoms with Crippen LogP contribution in [0.3, 0.4) is 0 Å². The van der Waals surface area contributed by atoms with E-state index in [1.807, 2.05) is 78.4 Å². The number of benzene rings is 2. The predicted octanol–water partition coefficient (Wildman–Crippen LogP) is 5.37. The molecular weight excluding hydrogens is 372 g/mol. The van der Waals surface area contributed by atoms with Crippen LogP contribution in [0.2, 0.25) is 0 Å². The molecule has 2 aromatic carbocycles. The molecule has 0 saturated carbocycles. The van der Waals surface area contributed by atoms with Crippen molar-refractivity contribution >= 4 is 51.5 Å². The van der Waals surface area contributed by atoms with Crippen LogP contribution in [0.25, 0.3) is 28.7 Å². The second-order valence-corrected chi connectivity index (χ2v) is 7.28. The van der Waals surface area contributed by atoms with Gasteiger partial charge in [0, 0.05) is 35.4 Å². The minimum atomic E-state index is 0.607. The van der Waals surface area contributed by atoms with E-state index >= 15 is 0 Å². The lowest BCUT2D eigenvalue weighted by Gasteiger charge is -2.01. The van der Waals surface area contributed by atoms with Crippen molar-refractivity contribution < 1.29 is 4.42 Å². The van der Waals surface area contributed by atoms with E-state index in [1.165, 1.54) is 0 Å². The second-order valence-electron chi connectivity index (χ2n) is 6.46. The third-order valence-electron chi connectivity index (χ3n) is 4.82. The average Bonchev–Trinajstić information content (AvgIpc) is 3.31. The maximum absolute atomic E-state index is 5.98. The number of rotatable bonds is 2. The summed E-state index contributed by atoms with van der Waals surface area (Å²) < 4.78 is 8.02. The third-order valence-corrected chi connectivity index (χ3v) is 5.70. The summed E-state index contributed by atoms with van der Waals surface area (Å²) in [7, 11) is 1.99. The standard InChI is InChI=1S/C22H14N2OS2/c1-24-18-12-14(25-22(18)23-21(24)13-7-3-2-4-8-13)11-17-19(26)15-9-5-6-10-16(15)20(17)27/h2-12H,1H3. The van der Waals surface area contributed by atoms with Crippen LogP contribution >= 0.6 is 24.4 Å². The highest BCUT2D eigenvalue weighted by Gasteiger charge is 2.26.